The van der Waals surface area contributed by atoms with Gasteiger partial charge in [0.1, 0.15) is 11.6 Å². The Balaban J connectivity index is 1.48. The summed E-state index contributed by atoms with van der Waals surface area (Å²) in [5, 5.41) is 3.49. The van der Waals surface area contributed by atoms with E-state index in [0.29, 0.717) is 5.00 Å². The van der Waals surface area contributed by atoms with Crippen LogP contribution < -0.4 is 5.32 Å². The predicted octanol–water partition coefficient (Wildman–Crippen LogP) is 4.58. The standard InChI is InChI=1S/C19H19NO3S/c21-17(13-9-10-13)16-14-7-4-8-15(14)24-18(16)20-19(22)23-11-12-5-2-1-3-6-12/h1-3,5-6,13H,4,7-11H2,(H,20,22). The van der Waals surface area contributed by atoms with Gasteiger partial charge in [0.05, 0.1) is 5.56 Å². The van der Waals surface area contributed by atoms with E-state index in [2.05, 4.69) is 5.32 Å². The van der Waals surface area contributed by atoms with E-state index < -0.39 is 6.09 Å². The molecule has 5 heteroatoms. The summed E-state index contributed by atoms with van der Waals surface area (Å²) in [6, 6.07) is 9.57. The first kappa shape index (κ1) is 15.4. The monoisotopic (exact) mass is 341 g/mol. The molecule has 24 heavy (non-hydrogen) atoms. The first-order valence-corrected chi connectivity index (χ1v) is 9.20. The summed E-state index contributed by atoms with van der Waals surface area (Å²) < 4.78 is 5.29. The number of amides is 1. The number of ketones is 1. The molecule has 0 aliphatic heterocycles. The molecule has 1 heterocycles. The molecule has 1 saturated carbocycles. The van der Waals surface area contributed by atoms with Crippen molar-refractivity contribution in [3.8, 4) is 0 Å². The molecule has 2 aliphatic carbocycles. The molecule has 2 aliphatic rings. The number of benzene rings is 1. The fourth-order valence-electron chi connectivity index (χ4n) is 3.15. The molecule has 1 amide bonds. The quantitative estimate of drug-likeness (QED) is 0.810. The highest BCUT2D eigenvalue weighted by atomic mass is 32.1. The van der Waals surface area contributed by atoms with Crippen LogP contribution >= 0.6 is 11.3 Å². The zero-order chi connectivity index (χ0) is 16.5. The third-order valence-corrected chi connectivity index (χ3v) is 5.75. The van der Waals surface area contributed by atoms with Gasteiger partial charge < -0.3 is 4.74 Å². The Hall–Kier alpha value is -2.14. The van der Waals surface area contributed by atoms with Crippen LogP contribution in [0.1, 0.15) is 45.6 Å². The van der Waals surface area contributed by atoms with Crippen LogP contribution in [0.5, 0.6) is 0 Å². The molecule has 124 valence electrons. The molecule has 0 saturated heterocycles. The molecule has 0 atom stereocenters. The number of carbonyl (C=O) groups excluding carboxylic acids is 2. The van der Waals surface area contributed by atoms with E-state index >= 15 is 0 Å². The average molecular weight is 341 g/mol. The van der Waals surface area contributed by atoms with Gasteiger partial charge in [0, 0.05) is 10.8 Å². The molecule has 4 nitrogen and oxygen atoms in total. The fourth-order valence-corrected chi connectivity index (χ4v) is 4.43. The molecule has 1 fully saturated rings. The van der Waals surface area contributed by atoms with Gasteiger partial charge in [-0.05, 0) is 43.2 Å². The van der Waals surface area contributed by atoms with Crippen LogP contribution in [0, 0.1) is 5.92 Å². The summed E-state index contributed by atoms with van der Waals surface area (Å²) in [7, 11) is 0. The minimum Gasteiger partial charge on any atom is -0.444 e. The number of hydrogen-bond acceptors (Lipinski definition) is 4. The first-order valence-electron chi connectivity index (χ1n) is 8.39. The van der Waals surface area contributed by atoms with Crippen LogP contribution in [0.15, 0.2) is 30.3 Å². The molecule has 0 bridgehead atoms. The lowest BCUT2D eigenvalue weighted by Gasteiger charge is -2.08. The fraction of sp³-hybridized carbons (Fsp3) is 0.368. The zero-order valence-electron chi connectivity index (χ0n) is 13.3. The van der Waals surface area contributed by atoms with Gasteiger partial charge in [-0.15, -0.1) is 11.3 Å². The van der Waals surface area contributed by atoms with Crippen LogP contribution in [0.2, 0.25) is 0 Å². The zero-order valence-corrected chi connectivity index (χ0v) is 14.2. The Bertz CT molecular complexity index is 777. The van der Waals surface area contributed by atoms with Crippen molar-refractivity contribution in [2.45, 2.75) is 38.7 Å². The SMILES string of the molecule is O=C(Nc1sc2c(c1C(=O)C1CC1)CCC2)OCc1ccccc1. The molecular formula is C19H19NO3S. The summed E-state index contributed by atoms with van der Waals surface area (Å²) in [6.45, 7) is 0.226. The van der Waals surface area contributed by atoms with Crippen LogP contribution in [-0.4, -0.2) is 11.9 Å². The van der Waals surface area contributed by atoms with Gasteiger partial charge in [-0.2, -0.15) is 0 Å². The molecule has 4 rings (SSSR count). The van der Waals surface area contributed by atoms with Gasteiger partial charge in [0.25, 0.3) is 0 Å². The van der Waals surface area contributed by atoms with Crippen molar-refractivity contribution in [2.75, 3.05) is 5.32 Å². The van der Waals surface area contributed by atoms with Gasteiger partial charge in [0.15, 0.2) is 5.78 Å². The molecule has 1 aromatic heterocycles. The van der Waals surface area contributed by atoms with Crippen molar-refractivity contribution in [1.29, 1.82) is 0 Å². The third kappa shape index (κ3) is 3.08. The third-order valence-electron chi connectivity index (χ3n) is 4.54. The van der Waals surface area contributed by atoms with Gasteiger partial charge in [-0.25, -0.2) is 4.79 Å². The largest absolute Gasteiger partial charge is 0.444 e. The molecule has 0 spiro atoms. The highest BCUT2D eigenvalue weighted by Gasteiger charge is 2.36. The van der Waals surface area contributed by atoms with Gasteiger partial charge >= 0.3 is 6.09 Å². The first-order chi connectivity index (χ1) is 11.7. The summed E-state index contributed by atoms with van der Waals surface area (Å²) in [4.78, 5) is 26.0. The van der Waals surface area contributed by atoms with Crippen LogP contribution in [0.3, 0.4) is 0 Å². The number of aryl methyl sites for hydroxylation is 1. The van der Waals surface area contributed by atoms with Crippen molar-refractivity contribution in [3.05, 3.63) is 51.9 Å². The number of anilines is 1. The van der Waals surface area contributed by atoms with E-state index in [0.717, 1.165) is 48.8 Å². The second-order valence-corrected chi connectivity index (χ2v) is 7.49. The lowest BCUT2D eigenvalue weighted by atomic mass is 10.0. The number of rotatable bonds is 5. The number of nitrogens with one attached hydrogen (secondary N) is 1. The van der Waals surface area contributed by atoms with Crippen LogP contribution in [0.25, 0.3) is 0 Å². The number of ether oxygens (including phenoxy) is 1. The number of carbonyl (C=O) groups is 2. The van der Waals surface area contributed by atoms with E-state index in [1.54, 1.807) is 0 Å². The highest BCUT2D eigenvalue weighted by molar-refractivity contribution is 7.17. The predicted molar refractivity (Wildman–Crippen MR) is 93.6 cm³/mol. The Labute approximate surface area is 144 Å². The van der Waals surface area contributed by atoms with Gasteiger partial charge in [-0.1, -0.05) is 30.3 Å². The number of hydrogen-bond donors (Lipinski definition) is 1. The van der Waals surface area contributed by atoms with Gasteiger partial charge in [-0.3, -0.25) is 10.1 Å². The van der Waals surface area contributed by atoms with E-state index in [1.165, 1.54) is 16.2 Å². The normalized spacial score (nSPS) is 15.8. The Morgan fingerprint density at radius 2 is 1.96 bits per heavy atom. The Kier molecular flexibility index (Phi) is 4.10. The highest BCUT2D eigenvalue weighted by Crippen LogP contribution is 2.43. The molecule has 0 radical (unpaired) electrons. The maximum Gasteiger partial charge on any atom is 0.412 e. The smallest absolute Gasteiger partial charge is 0.412 e. The summed E-state index contributed by atoms with van der Waals surface area (Å²) >= 11 is 1.54. The Morgan fingerprint density at radius 3 is 2.71 bits per heavy atom. The number of thiophene rings is 1. The number of Topliss-reactive ketones (excluding diaryl/α,β-unsaturated/α-hetero) is 1. The van der Waals surface area contributed by atoms with Crippen molar-refractivity contribution in [1.82, 2.24) is 0 Å². The number of fused-ring (bicyclic) bond motifs is 1. The van der Waals surface area contributed by atoms with E-state index in [9.17, 15) is 9.59 Å². The lowest BCUT2D eigenvalue weighted by Crippen LogP contribution is -2.15. The molecule has 1 N–H and O–H groups in total. The second kappa shape index (κ2) is 6.40. The molecule has 2 aromatic rings. The van der Waals surface area contributed by atoms with E-state index in [1.807, 2.05) is 30.3 Å². The molecule has 0 unspecified atom stereocenters. The van der Waals surface area contributed by atoms with Crippen LogP contribution in [0.4, 0.5) is 9.80 Å². The summed E-state index contributed by atoms with van der Waals surface area (Å²) in [5.41, 5.74) is 2.86. The average Bonchev–Trinajstić information content (AvgIpc) is 3.26. The minimum absolute atomic E-state index is 0.158. The Morgan fingerprint density at radius 1 is 1.17 bits per heavy atom. The maximum atomic E-state index is 12.6. The second-order valence-electron chi connectivity index (χ2n) is 6.39. The maximum absolute atomic E-state index is 12.6. The van der Waals surface area contributed by atoms with Crippen molar-refractivity contribution in [3.63, 3.8) is 0 Å². The van der Waals surface area contributed by atoms with E-state index in [4.69, 9.17) is 4.74 Å². The van der Waals surface area contributed by atoms with Gasteiger partial charge in [0.2, 0.25) is 0 Å². The summed E-state index contributed by atoms with van der Waals surface area (Å²) in [6.07, 6.45) is 4.50. The molecular weight excluding hydrogens is 322 g/mol. The summed E-state index contributed by atoms with van der Waals surface area (Å²) in [5.74, 6) is 0.359. The van der Waals surface area contributed by atoms with Crippen molar-refractivity contribution in [2.24, 2.45) is 5.92 Å². The van der Waals surface area contributed by atoms with Crippen molar-refractivity contribution < 1.29 is 14.3 Å². The van der Waals surface area contributed by atoms with Crippen LogP contribution in [-0.2, 0) is 24.2 Å². The minimum atomic E-state index is -0.497. The lowest BCUT2D eigenvalue weighted by molar-refractivity contribution is 0.0968. The van der Waals surface area contributed by atoms with Crippen molar-refractivity contribution >= 4 is 28.2 Å². The van der Waals surface area contributed by atoms with E-state index in [-0.39, 0.29) is 18.3 Å². The molecule has 1 aromatic carbocycles. The topological polar surface area (TPSA) is 55.4 Å².